The zero-order chi connectivity index (χ0) is 24.3. The van der Waals surface area contributed by atoms with Crippen molar-refractivity contribution in [3.05, 3.63) is 23.8 Å². The molecule has 3 aliphatic rings. The molecule has 1 aliphatic heterocycles. The molecule has 0 amide bonds. The van der Waals surface area contributed by atoms with Crippen LogP contribution in [0.5, 0.6) is 0 Å². The van der Waals surface area contributed by atoms with Crippen LogP contribution in [0.25, 0.3) is 0 Å². The molecule has 0 aromatic heterocycles. The Morgan fingerprint density at radius 2 is 1.88 bits per heavy atom. The molecule has 0 N–H and O–H groups in total. The molecule has 0 unspecified atom stereocenters. The van der Waals surface area contributed by atoms with Crippen molar-refractivity contribution >= 4 is 17.9 Å². The second-order valence-corrected chi connectivity index (χ2v) is 10.8. The Balaban J connectivity index is 1.74. The number of rotatable bonds is 7. The Bertz CT molecular complexity index is 807. The molecule has 184 valence electrons. The minimum atomic E-state index is -0.502. The number of cyclic esters (lactones) is 1. The van der Waals surface area contributed by atoms with E-state index >= 15 is 0 Å². The lowest BCUT2D eigenvalue weighted by atomic mass is 9.65. The number of carbonyl (C=O) groups is 3. The van der Waals surface area contributed by atoms with E-state index in [1.165, 1.54) is 12.5 Å². The van der Waals surface area contributed by atoms with Gasteiger partial charge in [0, 0.05) is 19.3 Å². The zero-order valence-corrected chi connectivity index (χ0v) is 21.0. The van der Waals surface area contributed by atoms with Gasteiger partial charge >= 0.3 is 17.9 Å². The molecule has 0 saturated carbocycles. The van der Waals surface area contributed by atoms with Gasteiger partial charge in [0.15, 0.2) is 0 Å². The van der Waals surface area contributed by atoms with E-state index in [4.69, 9.17) is 14.2 Å². The van der Waals surface area contributed by atoms with Crippen LogP contribution < -0.4 is 0 Å². The minimum Gasteiger partial charge on any atom is -0.462 e. The standard InChI is InChI=1S/C27H40O6/c1-7-27(5,6)26(30)33-23-13-16(2)12-19-9-8-17(3)22(25(19)23)11-10-20-14-21(31-18(4)28)15-24(29)32-20/h8-9,12,16-17,20-23,25H,7,10-11,13-15H2,1-6H3/t16-,17-,20+,21+,22-,23-,25+/m0/s1. The molecule has 0 bridgehead atoms. The van der Waals surface area contributed by atoms with Gasteiger partial charge in [-0.2, -0.15) is 0 Å². The molecule has 2 aliphatic carbocycles. The van der Waals surface area contributed by atoms with Crippen molar-refractivity contribution < 1.29 is 28.6 Å². The topological polar surface area (TPSA) is 78.9 Å². The maximum Gasteiger partial charge on any atom is 0.311 e. The number of hydrogen-bond donors (Lipinski definition) is 0. The molecule has 0 aromatic rings. The van der Waals surface area contributed by atoms with Crippen molar-refractivity contribution in [2.75, 3.05) is 0 Å². The molecule has 0 aromatic carbocycles. The predicted molar refractivity (Wildman–Crippen MR) is 125 cm³/mol. The van der Waals surface area contributed by atoms with Crippen LogP contribution in [0.1, 0.15) is 80.1 Å². The molecule has 0 spiro atoms. The van der Waals surface area contributed by atoms with E-state index in [1.54, 1.807) is 0 Å². The van der Waals surface area contributed by atoms with Crippen molar-refractivity contribution in [2.24, 2.45) is 29.1 Å². The van der Waals surface area contributed by atoms with Gasteiger partial charge in [0.05, 0.1) is 11.8 Å². The average molecular weight is 461 g/mol. The second-order valence-electron chi connectivity index (χ2n) is 10.8. The first kappa shape index (κ1) is 25.5. The lowest BCUT2D eigenvalue weighted by molar-refractivity contribution is -0.170. The van der Waals surface area contributed by atoms with E-state index in [9.17, 15) is 14.4 Å². The van der Waals surface area contributed by atoms with Crippen LogP contribution in [-0.2, 0) is 28.6 Å². The smallest absolute Gasteiger partial charge is 0.311 e. The maximum atomic E-state index is 12.9. The maximum absolute atomic E-state index is 12.9. The number of fused-ring (bicyclic) bond motifs is 1. The first-order valence-electron chi connectivity index (χ1n) is 12.5. The number of carbonyl (C=O) groups excluding carboxylic acids is 3. The summed E-state index contributed by atoms with van der Waals surface area (Å²) >= 11 is 0. The number of ether oxygens (including phenoxy) is 3. The van der Waals surface area contributed by atoms with Crippen molar-refractivity contribution in [1.82, 2.24) is 0 Å². The fourth-order valence-corrected chi connectivity index (χ4v) is 5.39. The van der Waals surface area contributed by atoms with Crippen LogP contribution in [0.4, 0.5) is 0 Å². The van der Waals surface area contributed by atoms with Gasteiger partial charge in [-0.15, -0.1) is 0 Å². The lowest BCUT2D eigenvalue weighted by Crippen LogP contribution is -2.43. The molecule has 1 fully saturated rings. The molecule has 0 radical (unpaired) electrons. The summed E-state index contributed by atoms with van der Waals surface area (Å²) in [6.07, 6.45) is 9.70. The Morgan fingerprint density at radius 3 is 2.55 bits per heavy atom. The molecular formula is C27H40O6. The monoisotopic (exact) mass is 460 g/mol. The summed E-state index contributed by atoms with van der Waals surface area (Å²) in [6.45, 7) is 11.6. The number of hydrogen-bond acceptors (Lipinski definition) is 6. The van der Waals surface area contributed by atoms with Crippen LogP contribution in [0, 0.1) is 29.1 Å². The van der Waals surface area contributed by atoms with Gasteiger partial charge < -0.3 is 14.2 Å². The van der Waals surface area contributed by atoms with Gasteiger partial charge in [0.2, 0.25) is 0 Å². The third-order valence-corrected chi connectivity index (χ3v) is 7.66. The molecule has 6 nitrogen and oxygen atoms in total. The first-order chi connectivity index (χ1) is 15.5. The normalized spacial score (nSPS) is 34.1. The molecule has 3 rings (SSSR count). The van der Waals surface area contributed by atoms with Gasteiger partial charge in [-0.25, -0.2) is 0 Å². The molecule has 33 heavy (non-hydrogen) atoms. The minimum absolute atomic E-state index is 0.122. The summed E-state index contributed by atoms with van der Waals surface area (Å²) in [7, 11) is 0. The van der Waals surface area contributed by atoms with E-state index < -0.39 is 11.5 Å². The summed E-state index contributed by atoms with van der Waals surface area (Å²) < 4.78 is 17.0. The Labute approximate surface area is 198 Å². The average Bonchev–Trinajstić information content (AvgIpc) is 2.72. The van der Waals surface area contributed by atoms with Crippen molar-refractivity contribution in [3.63, 3.8) is 0 Å². The fraction of sp³-hybridized carbons (Fsp3) is 0.741. The summed E-state index contributed by atoms with van der Waals surface area (Å²) in [5.74, 6) is 0.283. The predicted octanol–water partition coefficient (Wildman–Crippen LogP) is 5.16. The zero-order valence-electron chi connectivity index (χ0n) is 21.0. The first-order valence-corrected chi connectivity index (χ1v) is 12.5. The Hall–Kier alpha value is -2.11. The van der Waals surface area contributed by atoms with E-state index in [0.717, 1.165) is 19.3 Å². The quantitative estimate of drug-likeness (QED) is 0.386. The van der Waals surface area contributed by atoms with Gasteiger partial charge in [-0.3, -0.25) is 14.4 Å². The molecule has 7 atom stereocenters. The fourth-order valence-electron chi connectivity index (χ4n) is 5.39. The Morgan fingerprint density at radius 1 is 1.15 bits per heavy atom. The Kier molecular flexibility index (Phi) is 8.07. The van der Waals surface area contributed by atoms with Crippen LogP contribution >= 0.6 is 0 Å². The third kappa shape index (κ3) is 6.27. The van der Waals surface area contributed by atoms with Crippen molar-refractivity contribution in [1.29, 1.82) is 0 Å². The highest BCUT2D eigenvalue weighted by Gasteiger charge is 2.43. The van der Waals surface area contributed by atoms with Gasteiger partial charge in [0.1, 0.15) is 18.3 Å². The van der Waals surface area contributed by atoms with Crippen LogP contribution in [0.3, 0.4) is 0 Å². The van der Waals surface area contributed by atoms with E-state index in [0.29, 0.717) is 24.7 Å². The number of allylic oxidation sites excluding steroid dienone is 3. The van der Waals surface area contributed by atoms with Crippen molar-refractivity contribution in [2.45, 2.75) is 98.4 Å². The largest absolute Gasteiger partial charge is 0.462 e. The van der Waals surface area contributed by atoms with E-state index in [2.05, 4.69) is 32.1 Å². The molecule has 1 heterocycles. The third-order valence-electron chi connectivity index (χ3n) is 7.66. The highest BCUT2D eigenvalue weighted by Crippen LogP contribution is 2.45. The van der Waals surface area contributed by atoms with Gasteiger partial charge in [-0.05, 0) is 62.9 Å². The van der Waals surface area contributed by atoms with Crippen LogP contribution in [-0.4, -0.2) is 36.2 Å². The van der Waals surface area contributed by atoms with Gasteiger partial charge in [-0.1, -0.05) is 39.0 Å². The SMILES string of the molecule is CCC(C)(C)C(=O)O[C@H]1C[C@@H](C)C=C2C=C[C@H](C)[C@H](CC[C@@H]3C[C@@H](OC(C)=O)CC(=O)O3)[C@@H]21. The van der Waals surface area contributed by atoms with E-state index in [1.807, 2.05) is 20.8 Å². The highest BCUT2D eigenvalue weighted by atomic mass is 16.6. The van der Waals surface area contributed by atoms with Crippen LogP contribution in [0.15, 0.2) is 23.8 Å². The van der Waals surface area contributed by atoms with Crippen molar-refractivity contribution in [3.8, 4) is 0 Å². The molecule has 6 heteroatoms. The lowest BCUT2D eigenvalue weighted by Gasteiger charge is -2.44. The second kappa shape index (κ2) is 10.4. The molecule has 1 saturated heterocycles. The molecular weight excluding hydrogens is 420 g/mol. The summed E-state index contributed by atoms with van der Waals surface area (Å²) in [5, 5.41) is 0. The summed E-state index contributed by atoms with van der Waals surface area (Å²) in [4.78, 5) is 36.3. The summed E-state index contributed by atoms with van der Waals surface area (Å²) in [6, 6.07) is 0. The van der Waals surface area contributed by atoms with Gasteiger partial charge in [0.25, 0.3) is 0 Å². The highest BCUT2D eigenvalue weighted by molar-refractivity contribution is 5.76. The number of esters is 3. The van der Waals surface area contributed by atoms with Crippen LogP contribution in [0.2, 0.25) is 0 Å². The summed E-state index contributed by atoms with van der Waals surface area (Å²) in [5.41, 5.74) is 0.750. The van der Waals surface area contributed by atoms with E-state index in [-0.39, 0.29) is 48.4 Å².